The van der Waals surface area contributed by atoms with Crippen molar-refractivity contribution in [3.63, 3.8) is 0 Å². The van der Waals surface area contributed by atoms with Crippen LogP contribution in [0.15, 0.2) is 0 Å². The van der Waals surface area contributed by atoms with Crippen molar-refractivity contribution in [1.82, 2.24) is 0 Å². The predicted molar refractivity (Wildman–Crippen MR) is 197 cm³/mol. The molecular formula is C36H72O19. The lowest BCUT2D eigenvalue weighted by atomic mass is 10.5. The summed E-state index contributed by atoms with van der Waals surface area (Å²) in [5.41, 5.74) is 0. The monoisotopic (exact) mass is 808 g/mol. The number of methoxy groups -OCH3 is 1. The van der Waals surface area contributed by atoms with Gasteiger partial charge in [0, 0.05) is 7.11 Å². The largest absolute Gasteiger partial charge is 0.481 e. The topological polar surface area (TPSA) is 194 Å². The maximum Gasteiger partial charge on any atom is 0.305 e. The fourth-order valence-corrected chi connectivity index (χ4v) is 3.70. The van der Waals surface area contributed by atoms with Crippen molar-refractivity contribution in [1.29, 1.82) is 0 Å². The molecular weight excluding hydrogens is 736 g/mol. The summed E-state index contributed by atoms with van der Waals surface area (Å²) in [6, 6.07) is 0. The Labute approximate surface area is 327 Å². The van der Waals surface area contributed by atoms with Crippen molar-refractivity contribution in [2.45, 2.75) is 6.42 Å². The molecule has 0 heterocycles. The summed E-state index contributed by atoms with van der Waals surface area (Å²) < 4.78 is 91.6. The molecule has 0 aromatic carbocycles. The minimum absolute atomic E-state index is 0.00581. The molecule has 0 atom stereocenters. The molecule has 0 bridgehead atoms. The van der Waals surface area contributed by atoms with Gasteiger partial charge in [0.2, 0.25) is 0 Å². The number of ether oxygens (including phenoxy) is 17. The zero-order valence-electron chi connectivity index (χ0n) is 33.3. The second-order valence-electron chi connectivity index (χ2n) is 10.9. The third kappa shape index (κ3) is 52.8. The van der Waals surface area contributed by atoms with Crippen LogP contribution in [-0.4, -0.2) is 236 Å². The fraction of sp³-hybridized carbons (Fsp3) is 0.972. The minimum atomic E-state index is -0.877. The summed E-state index contributed by atoms with van der Waals surface area (Å²) in [5.74, 6) is -0.877. The average Bonchev–Trinajstić information content (AvgIpc) is 3.18. The molecule has 0 spiro atoms. The highest BCUT2D eigenvalue weighted by Crippen LogP contribution is 1.89. The van der Waals surface area contributed by atoms with Crippen molar-refractivity contribution < 1.29 is 90.4 Å². The van der Waals surface area contributed by atoms with Crippen molar-refractivity contribution in [3.05, 3.63) is 0 Å². The summed E-state index contributed by atoms with van der Waals surface area (Å²) in [6.45, 7) is 16.0. The average molecular weight is 809 g/mol. The lowest BCUT2D eigenvalue weighted by molar-refractivity contribution is -0.138. The molecule has 0 aliphatic rings. The second kappa shape index (κ2) is 50.8. The van der Waals surface area contributed by atoms with Gasteiger partial charge in [0.15, 0.2) is 0 Å². The molecule has 0 rings (SSSR count). The molecule has 330 valence electrons. The summed E-state index contributed by atoms with van der Waals surface area (Å²) in [4.78, 5) is 10.3. The van der Waals surface area contributed by atoms with Crippen LogP contribution in [0, 0.1) is 0 Å². The van der Waals surface area contributed by atoms with E-state index in [2.05, 4.69) is 0 Å². The molecule has 19 nitrogen and oxygen atoms in total. The van der Waals surface area contributed by atoms with Gasteiger partial charge in [-0.1, -0.05) is 0 Å². The van der Waals surface area contributed by atoms with Gasteiger partial charge >= 0.3 is 5.97 Å². The van der Waals surface area contributed by atoms with Crippen LogP contribution >= 0.6 is 0 Å². The van der Waals surface area contributed by atoms with Crippen LogP contribution in [-0.2, 0) is 85.3 Å². The number of carboxylic acid groups (broad SMARTS) is 1. The van der Waals surface area contributed by atoms with Gasteiger partial charge in [0.05, 0.1) is 224 Å². The zero-order valence-corrected chi connectivity index (χ0v) is 33.3. The first kappa shape index (κ1) is 53.8. The molecule has 55 heavy (non-hydrogen) atoms. The van der Waals surface area contributed by atoms with Crippen LogP contribution in [0.3, 0.4) is 0 Å². The van der Waals surface area contributed by atoms with Crippen molar-refractivity contribution in [3.8, 4) is 0 Å². The van der Waals surface area contributed by atoms with E-state index < -0.39 is 5.97 Å². The minimum Gasteiger partial charge on any atom is -0.481 e. The van der Waals surface area contributed by atoms with Crippen molar-refractivity contribution in [2.75, 3.05) is 225 Å². The first-order valence-electron chi connectivity index (χ1n) is 19.2. The molecule has 0 aromatic heterocycles. The van der Waals surface area contributed by atoms with E-state index in [0.29, 0.717) is 211 Å². The number of hydrogen-bond acceptors (Lipinski definition) is 18. The molecule has 0 unspecified atom stereocenters. The Morgan fingerprint density at radius 2 is 0.382 bits per heavy atom. The van der Waals surface area contributed by atoms with Crippen LogP contribution < -0.4 is 0 Å². The normalized spacial score (nSPS) is 11.6. The Morgan fingerprint density at radius 1 is 0.255 bits per heavy atom. The van der Waals surface area contributed by atoms with Crippen LogP contribution in [0.25, 0.3) is 0 Å². The number of rotatable bonds is 51. The van der Waals surface area contributed by atoms with Gasteiger partial charge in [0.1, 0.15) is 0 Å². The Bertz CT molecular complexity index is 712. The van der Waals surface area contributed by atoms with Crippen LogP contribution in [0.4, 0.5) is 0 Å². The highest BCUT2D eigenvalue weighted by Gasteiger charge is 1.99. The molecule has 0 aliphatic heterocycles. The molecule has 1 N–H and O–H groups in total. The van der Waals surface area contributed by atoms with E-state index >= 15 is 0 Å². The Hall–Kier alpha value is -1.21. The molecule has 0 saturated heterocycles. The number of carboxylic acids is 1. The van der Waals surface area contributed by atoms with Gasteiger partial charge in [-0.15, -0.1) is 0 Å². The van der Waals surface area contributed by atoms with Crippen LogP contribution in [0.5, 0.6) is 0 Å². The molecule has 0 radical (unpaired) electrons. The molecule has 19 heteroatoms. The Kier molecular flexibility index (Phi) is 49.7. The Morgan fingerprint density at radius 3 is 0.509 bits per heavy atom. The lowest BCUT2D eigenvalue weighted by Crippen LogP contribution is -2.16. The molecule has 0 aliphatic carbocycles. The maximum absolute atomic E-state index is 10.3. The first-order chi connectivity index (χ1) is 27.3. The van der Waals surface area contributed by atoms with E-state index in [4.69, 9.17) is 85.6 Å². The highest BCUT2D eigenvalue weighted by molar-refractivity contribution is 5.66. The number of hydrogen-bond donors (Lipinski definition) is 1. The van der Waals surface area contributed by atoms with E-state index in [9.17, 15) is 4.79 Å². The molecule has 0 fully saturated rings. The summed E-state index contributed by atoms with van der Waals surface area (Å²) in [5, 5.41) is 8.50. The molecule has 0 aromatic rings. The van der Waals surface area contributed by atoms with E-state index in [-0.39, 0.29) is 13.0 Å². The lowest BCUT2D eigenvalue weighted by Gasteiger charge is -2.09. The van der Waals surface area contributed by atoms with Gasteiger partial charge in [-0.25, -0.2) is 0 Å². The molecule has 0 saturated carbocycles. The highest BCUT2D eigenvalue weighted by atomic mass is 16.6. The van der Waals surface area contributed by atoms with Crippen LogP contribution in [0.2, 0.25) is 0 Å². The van der Waals surface area contributed by atoms with Gasteiger partial charge in [0.25, 0.3) is 0 Å². The third-order valence-corrected chi connectivity index (χ3v) is 6.47. The third-order valence-electron chi connectivity index (χ3n) is 6.47. The van der Waals surface area contributed by atoms with Gasteiger partial charge in [-0.2, -0.15) is 0 Å². The summed E-state index contributed by atoms with van der Waals surface area (Å²) >= 11 is 0. The second-order valence-corrected chi connectivity index (χ2v) is 10.9. The first-order valence-corrected chi connectivity index (χ1v) is 19.2. The number of carbonyl (C=O) groups is 1. The number of aliphatic carboxylic acids is 1. The van der Waals surface area contributed by atoms with Gasteiger partial charge in [-0.3, -0.25) is 4.79 Å². The summed E-state index contributed by atoms with van der Waals surface area (Å²) in [6.07, 6.45) is -0.00581. The van der Waals surface area contributed by atoms with E-state index in [1.807, 2.05) is 0 Å². The standard InChI is InChI=1S/C36H72O19/c1-39-4-5-41-8-9-43-12-13-45-16-17-47-20-21-49-24-25-51-28-29-53-32-33-55-35-34-54-31-30-52-27-26-50-23-22-48-19-18-46-15-14-44-11-10-42-7-6-40-3-2-36(37)38/h2-35H2,1H3,(H,37,38). The SMILES string of the molecule is COCCOCCOCCOCCOCCOCCOCCOCCOCCOCCOCCOCCOCCOCCOCCOCCOCCC(=O)O. The van der Waals surface area contributed by atoms with Crippen molar-refractivity contribution >= 4 is 5.97 Å². The van der Waals surface area contributed by atoms with Crippen LogP contribution in [0.1, 0.15) is 6.42 Å². The van der Waals surface area contributed by atoms with E-state index in [0.717, 1.165) is 0 Å². The summed E-state index contributed by atoms with van der Waals surface area (Å²) in [7, 11) is 1.64. The molecule has 0 amide bonds. The van der Waals surface area contributed by atoms with Gasteiger partial charge in [-0.05, 0) is 0 Å². The van der Waals surface area contributed by atoms with Crippen molar-refractivity contribution in [2.24, 2.45) is 0 Å². The smallest absolute Gasteiger partial charge is 0.305 e. The predicted octanol–water partition coefficient (Wildman–Crippen LogP) is 0.373. The van der Waals surface area contributed by atoms with Gasteiger partial charge < -0.3 is 85.6 Å². The maximum atomic E-state index is 10.3. The van der Waals surface area contributed by atoms with E-state index in [1.54, 1.807) is 7.11 Å². The Balaban J connectivity index is 3.06. The zero-order chi connectivity index (χ0) is 39.6. The van der Waals surface area contributed by atoms with E-state index in [1.165, 1.54) is 0 Å². The fourth-order valence-electron chi connectivity index (χ4n) is 3.70. The quantitative estimate of drug-likeness (QED) is 0.0828.